The van der Waals surface area contributed by atoms with Crippen LogP contribution in [0.4, 0.5) is 4.39 Å². The highest BCUT2D eigenvalue weighted by Crippen LogP contribution is 2.27. The van der Waals surface area contributed by atoms with Gasteiger partial charge in [0.1, 0.15) is 5.82 Å². The van der Waals surface area contributed by atoms with Crippen LogP contribution in [0, 0.1) is 5.82 Å². The van der Waals surface area contributed by atoms with E-state index in [9.17, 15) is 4.39 Å². The Morgan fingerprint density at radius 2 is 2.00 bits per heavy atom. The molecule has 0 saturated heterocycles. The van der Waals surface area contributed by atoms with Crippen LogP contribution in [0.3, 0.4) is 0 Å². The molecule has 0 unspecified atom stereocenters. The molecule has 0 aliphatic carbocycles. The van der Waals surface area contributed by atoms with Crippen molar-refractivity contribution in [2.24, 2.45) is 0 Å². The topological polar surface area (TPSA) is 0 Å². The Kier molecular flexibility index (Phi) is 3.48. The van der Waals surface area contributed by atoms with Gasteiger partial charge in [0.05, 0.1) is 0 Å². The highest BCUT2D eigenvalue weighted by Gasteiger charge is 2.12. The van der Waals surface area contributed by atoms with Crippen LogP contribution in [0.1, 0.15) is 37.8 Å². The van der Waals surface area contributed by atoms with Crippen molar-refractivity contribution in [3.8, 4) is 0 Å². The molecule has 0 aromatic heterocycles. The molecule has 0 aliphatic rings. The van der Waals surface area contributed by atoms with E-state index in [1.54, 1.807) is 0 Å². The van der Waals surface area contributed by atoms with E-state index in [0.717, 1.165) is 22.0 Å². The van der Waals surface area contributed by atoms with Crippen LogP contribution in [0.2, 0.25) is 0 Å². The van der Waals surface area contributed by atoms with Crippen molar-refractivity contribution < 1.29 is 4.39 Å². The fraction of sp³-hybridized carbons (Fsp3) is 0.455. The third-order valence-corrected chi connectivity index (χ3v) is 2.93. The van der Waals surface area contributed by atoms with Gasteiger partial charge in [-0.1, -0.05) is 42.8 Å². The summed E-state index contributed by atoms with van der Waals surface area (Å²) in [4.78, 5) is 0. The van der Waals surface area contributed by atoms with Gasteiger partial charge in [0.2, 0.25) is 0 Å². The molecule has 0 atom stereocenters. The smallest absolute Gasteiger partial charge is 0.130 e. The molecule has 0 spiro atoms. The lowest BCUT2D eigenvalue weighted by Crippen LogP contribution is -1.98. The summed E-state index contributed by atoms with van der Waals surface area (Å²) in [6.07, 6.45) is 0.729. The summed E-state index contributed by atoms with van der Waals surface area (Å²) in [6, 6.07) is 3.78. The number of rotatable bonds is 2. The van der Waals surface area contributed by atoms with Gasteiger partial charge >= 0.3 is 0 Å². The third kappa shape index (κ3) is 2.11. The van der Waals surface area contributed by atoms with Crippen molar-refractivity contribution >= 4 is 15.9 Å². The first kappa shape index (κ1) is 10.7. The molecular formula is C11H14BrF. The highest BCUT2D eigenvalue weighted by molar-refractivity contribution is 9.10. The van der Waals surface area contributed by atoms with Crippen LogP contribution in [0.5, 0.6) is 0 Å². The average molecular weight is 245 g/mol. The molecule has 0 radical (unpaired) electrons. The first-order valence-electron chi connectivity index (χ1n) is 4.54. The second kappa shape index (κ2) is 4.23. The summed E-state index contributed by atoms with van der Waals surface area (Å²) in [5.41, 5.74) is 1.59. The Morgan fingerprint density at radius 1 is 1.38 bits per heavy atom. The van der Waals surface area contributed by atoms with Gasteiger partial charge in [0.15, 0.2) is 0 Å². The lowest BCUT2D eigenvalue weighted by atomic mass is 9.99. The Bertz CT molecular complexity index is 305. The van der Waals surface area contributed by atoms with Crippen molar-refractivity contribution in [3.63, 3.8) is 0 Å². The monoisotopic (exact) mass is 244 g/mol. The van der Waals surface area contributed by atoms with Crippen LogP contribution in [-0.2, 0) is 6.42 Å². The van der Waals surface area contributed by atoms with Crippen LogP contribution in [0.25, 0.3) is 0 Å². The van der Waals surface area contributed by atoms with Crippen molar-refractivity contribution in [1.82, 2.24) is 0 Å². The molecule has 1 aromatic carbocycles. The summed E-state index contributed by atoms with van der Waals surface area (Å²) in [6.45, 7) is 5.98. The lowest BCUT2D eigenvalue weighted by molar-refractivity contribution is 0.583. The quantitative estimate of drug-likeness (QED) is 0.729. The first-order valence-corrected chi connectivity index (χ1v) is 5.34. The van der Waals surface area contributed by atoms with E-state index in [1.807, 2.05) is 32.9 Å². The zero-order valence-electron chi connectivity index (χ0n) is 8.20. The fourth-order valence-electron chi connectivity index (χ4n) is 1.39. The normalized spacial score (nSPS) is 10.9. The van der Waals surface area contributed by atoms with Crippen molar-refractivity contribution in [3.05, 3.63) is 33.5 Å². The van der Waals surface area contributed by atoms with Crippen LogP contribution < -0.4 is 0 Å². The second-order valence-corrected chi connectivity index (χ2v) is 4.29. The van der Waals surface area contributed by atoms with E-state index in [0.29, 0.717) is 0 Å². The summed E-state index contributed by atoms with van der Waals surface area (Å²) in [5, 5.41) is 0. The summed E-state index contributed by atoms with van der Waals surface area (Å²) >= 11 is 3.35. The highest BCUT2D eigenvalue weighted by atomic mass is 79.9. The maximum atomic E-state index is 13.8. The molecule has 1 rings (SSSR count). The van der Waals surface area contributed by atoms with Crippen LogP contribution in [0.15, 0.2) is 16.6 Å². The Morgan fingerprint density at radius 3 is 2.46 bits per heavy atom. The molecule has 0 amide bonds. The molecule has 0 aliphatic heterocycles. The number of hydrogen-bond donors (Lipinski definition) is 0. The van der Waals surface area contributed by atoms with Crippen molar-refractivity contribution in [2.45, 2.75) is 33.1 Å². The van der Waals surface area contributed by atoms with E-state index in [4.69, 9.17) is 0 Å². The van der Waals surface area contributed by atoms with Crippen LogP contribution >= 0.6 is 15.9 Å². The molecule has 13 heavy (non-hydrogen) atoms. The number of benzene rings is 1. The zero-order chi connectivity index (χ0) is 10.0. The molecule has 0 N–H and O–H groups in total. The Balaban J connectivity index is 3.27. The minimum absolute atomic E-state index is 0.0492. The van der Waals surface area contributed by atoms with E-state index < -0.39 is 0 Å². The molecule has 1 aromatic rings. The average Bonchev–Trinajstić information content (AvgIpc) is 2.04. The standard InChI is InChI=1S/C11H14BrF/c1-4-8-10(12)6-5-9(7(2)3)11(8)13/h5-7H,4H2,1-3H3. The lowest BCUT2D eigenvalue weighted by Gasteiger charge is -2.11. The predicted molar refractivity (Wildman–Crippen MR) is 57.6 cm³/mol. The SMILES string of the molecule is CCc1c(Br)ccc(C(C)C)c1F. The van der Waals surface area contributed by atoms with E-state index >= 15 is 0 Å². The van der Waals surface area contributed by atoms with Gasteiger partial charge in [-0.15, -0.1) is 0 Å². The summed E-state index contributed by atoms with van der Waals surface area (Å²) in [5.74, 6) is 0.199. The first-order chi connectivity index (χ1) is 6.07. The van der Waals surface area contributed by atoms with Crippen molar-refractivity contribution in [1.29, 1.82) is 0 Å². The largest absolute Gasteiger partial charge is 0.206 e. The summed E-state index contributed by atoms with van der Waals surface area (Å²) in [7, 11) is 0. The van der Waals surface area contributed by atoms with Gasteiger partial charge in [0, 0.05) is 10.0 Å². The van der Waals surface area contributed by atoms with E-state index in [1.165, 1.54) is 0 Å². The number of hydrogen-bond acceptors (Lipinski definition) is 0. The third-order valence-electron chi connectivity index (χ3n) is 2.19. The van der Waals surface area contributed by atoms with Gasteiger partial charge in [0.25, 0.3) is 0 Å². The Hall–Kier alpha value is -0.370. The zero-order valence-corrected chi connectivity index (χ0v) is 9.78. The van der Waals surface area contributed by atoms with Gasteiger partial charge in [-0.05, 0) is 24.0 Å². The van der Waals surface area contributed by atoms with E-state index in [-0.39, 0.29) is 11.7 Å². The molecular weight excluding hydrogens is 231 g/mol. The van der Waals surface area contributed by atoms with Gasteiger partial charge in [-0.3, -0.25) is 0 Å². The Labute approximate surface area is 87.3 Å². The minimum Gasteiger partial charge on any atom is -0.206 e. The minimum atomic E-state index is -0.0492. The molecule has 2 heteroatoms. The van der Waals surface area contributed by atoms with Crippen molar-refractivity contribution in [2.75, 3.05) is 0 Å². The van der Waals surface area contributed by atoms with Crippen LogP contribution in [-0.4, -0.2) is 0 Å². The molecule has 0 bridgehead atoms. The summed E-state index contributed by atoms with van der Waals surface area (Å²) < 4.78 is 14.6. The van der Waals surface area contributed by atoms with E-state index in [2.05, 4.69) is 15.9 Å². The maximum Gasteiger partial charge on any atom is 0.130 e. The molecule has 0 nitrogen and oxygen atoms in total. The number of halogens is 2. The molecule has 72 valence electrons. The molecule has 0 fully saturated rings. The van der Waals surface area contributed by atoms with Gasteiger partial charge in [-0.25, -0.2) is 4.39 Å². The molecule has 0 heterocycles. The predicted octanol–water partition coefficient (Wildman–Crippen LogP) is 4.27. The molecule has 0 saturated carbocycles. The maximum absolute atomic E-state index is 13.8. The second-order valence-electron chi connectivity index (χ2n) is 3.44. The van der Waals surface area contributed by atoms with Gasteiger partial charge < -0.3 is 0 Å². The van der Waals surface area contributed by atoms with Gasteiger partial charge in [-0.2, -0.15) is 0 Å². The fourth-order valence-corrected chi connectivity index (χ4v) is 1.97.